The molecule has 1 saturated heterocycles. The normalized spacial score (nSPS) is 21.9. The van der Waals surface area contributed by atoms with E-state index in [-0.39, 0.29) is 6.10 Å². The third-order valence-electron chi connectivity index (χ3n) is 3.01. The van der Waals surface area contributed by atoms with Crippen LogP contribution in [0, 0.1) is 6.92 Å². The van der Waals surface area contributed by atoms with E-state index in [0.717, 1.165) is 5.56 Å². The Bertz CT molecular complexity index is 501. The standard InChI is InChI=1S/C11H16N2O3S/c1-9-4-2-3-5-11(9)17(14,15)13-7-6-10(8-13)16-12/h2-5,10H,6-8,12H2,1H3. The van der Waals surface area contributed by atoms with Crippen molar-refractivity contribution in [2.45, 2.75) is 24.3 Å². The van der Waals surface area contributed by atoms with E-state index in [4.69, 9.17) is 10.7 Å². The molecule has 1 aromatic carbocycles. The summed E-state index contributed by atoms with van der Waals surface area (Å²) in [6.45, 7) is 2.57. The van der Waals surface area contributed by atoms with Crippen molar-refractivity contribution in [1.82, 2.24) is 4.31 Å². The average Bonchev–Trinajstić information content (AvgIpc) is 2.78. The van der Waals surface area contributed by atoms with Gasteiger partial charge in [0.15, 0.2) is 0 Å². The Morgan fingerprint density at radius 3 is 2.71 bits per heavy atom. The first-order chi connectivity index (χ1) is 8.05. The van der Waals surface area contributed by atoms with Crippen LogP contribution in [-0.4, -0.2) is 31.9 Å². The molecule has 94 valence electrons. The van der Waals surface area contributed by atoms with Gasteiger partial charge in [-0.3, -0.25) is 4.84 Å². The summed E-state index contributed by atoms with van der Waals surface area (Å²) in [5.74, 6) is 5.09. The number of hydrogen-bond donors (Lipinski definition) is 1. The molecule has 1 aromatic rings. The van der Waals surface area contributed by atoms with Crippen LogP contribution in [0.2, 0.25) is 0 Å². The van der Waals surface area contributed by atoms with E-state index in [1.165, 1.54) is 4.31 Å². The van der Waals surface area contributed by atoms with E-state index in [0.29, 0.717) is 24.4 Å². The van der Waals surface area contributed by atoms with Crippen LogP contribution in [0.25, 0.3) is 0 Å². The molecule has 1 aliphatic heterocycles. The molecule has 0 aromatic heterocycles. The van der Waals surface area contributed by atoms with E-state index < -0.39 is 10.0 Å². The predicted octanol–water partition coefficient (Wildman–Crippen LogP) is 0.648. The summed E-state index contributed by atoms with van der Waals surface area (Å²) in [6, 6.07) is 6.97. The van der Waals surface area contributed by atoms with Gasteiger partial charge in [0.25, 0.3) is 0 Å². The lowest BCUT2D eigenvalue weighted by Crippen LogP contribution is -2.31. The number of nitrogens with two attached hydrogens (primary N) is 1. The van der Waals surface area contributed by atoms with Crippen LogP contribution in [0.15, 0.2) is 29.2 Å². The van der Waals surface area contributed by atoms with Crippen LogP contribution in [0.4, 0.5) is 0 Å². The molecular formula is C11H16N2O3S. The Morgan fingerprint density at radius 2 is 2.12 bits per heavy atom. The summed E-state index contributed by atoms with van der Waals surface area (Å²) in [5, 5.41) is 0. The third kappa shape index (κ3) is 2.35. The van der Waals surface area contributed by atoms with Crippen molar-refractivity contribution >= 4 is 10.0 Å². The van der Waals surface area contributed by atoms with Crippen LogP contribution in [0.1, 0.15) is 12.0 Å². The molecule has 0 spiro atoms. The highest BCUT2D eigenvalue weighted by Crippen LogP contribution is 2.23. The van der Waals surface area contributed by atoms with E-state index in [1.807, 2.05) is 6.07 Å². The number of nitrogens with zero attached hydrogens (tertiary/aromatic N) is 1. The van der Waals surface area contributed by atoms with Gasteiger partial charge in [-0.05, 0) is 25.0 Å². The molecule has 0 aliphatic carbocycles. The highest BCUT2D eigenvalue weighted by molar-refractivity contribution is 7.89. The maximum absolute atomic E-state index is 12.3. The summed E-state index contributed by atoms with van der Waals surface area (Å²) < 4.78 is 26.1. The first-order valence-corrected chi connectivity index (χ1v) is 6.91. The van der Waals surface area contributed by atoms with Gasteiger partial charge in [-0.25, -0.2) is 14.3 Å². The van der Waals surface area contributed by atoms with Crippen LogP contribution in [0.3, 0.4) is 0 Å². The number of rotatable bonds is 3. The van der Waals surface area contributed by atoms with Gasteiger partial charge in [-0.1, -0.05) is 18.2 Å². The second-order valence-corrected chi connectivity index (χ2v) is 6.08. The Hall–Kier alpha value is -0.950. The Kier molecular flexibility index (Phi) is 3.48. The summed E-state index contributed by atoms with van der Waals surface area (Å²) in [7, 11) is -3.41. The Balaban J connectivity index is 2.29. The van der Waals surface area contributed by atoms with Crippen molar-refractivity contribution < 1.29 is 13.3 Å². The molecule has 1 heterocycles. The molecule has 1 atom stereocenters. The van der Waals surface area contributed by atoms with E-state index in [1.54, 1.807) is 25.1 Å². The lowest BCUT2D eigenvalue weighted by molar-refractivity contribution is 0.0642. The maximum Gasteiger partial charge on any atom is 0.243 e. The zero-order valence-electron chi connectivity index (χ0n) is 9.67. The summed E-state index contributed by atoms with van der Waals surface area (Å²) in [4.78, 5) is 5.06. The third-order valence-corrected chi connectivity index (χ3v) is 5.04. The molecule has 1 aliphatic rings. The highest BCUT2D eigenvalue weighted by Gasteiger charge is 2.33. The molecule has 0 bridgehead atoms. The van der Waals surface area contributed by atoms with Crippen LogP contribution < -0.4 is 5.90 Å². The van der Waals surface area contributed by atoms with E-state index in [9.17, 15) is 8.42 Å². The van der Waals surface area contributed by atoms with Gasteiger partial charge in [-0.2, -0.15) is 4.31 Å². The molecule has 0 amide bonds. The zero-order chi connectivity index (χ0) is 12.5. The molecule has 2 N–H and O–H groups in total. The molecule has 17 heavy (non-hydrogen) atoms. The lowest BCUT2D eigenvalue weighted by atomic mass is 10.2. The Labute approximate surface area is 101 Å². The number of aryl methyl sites for hydroxylation is 1. The highest BCUT2D eigenvalue weighted by atomic mass is 32.2. The zero-order valence-corrected chi connectivity index (χ0v) is 10.5. The van der Waals surface area contributed by atoms with Crippen molar-refractivity contribution in [3.63, 3.8) is 0 Å². The van der Waals surface area contributed by atoms with Gasteiger partial charge >= 0.3 is 0 Å². The molecular weight excluding hydrogens is 240 g/mol. The molecule has 0 radical (unpaired) electrons. The van der Waals surface area contributed by atoms with Crippen LogP contribution >= 0.6 is 0 Å². The van der Waals surface area contributed by atoms with Gasteiger partial charge in [0.2, 0.25) is 10.0 Å². The molecule has 1 unspecified atom stereocenters. The van der Waals surface area contributed by atoms with Gasteiger partial charge in [0, 0.05) is 13.1 Å². The van der Waals surface area contributed by atoms with E-state index in [2.05, 4.69) is 0 Å². The minimum atomic E-state index is -3.41. The minimum absolute atomic E-state index is 0.200. The SMILES string of the molecule is Cc1ccccc1S(=O)(=O)N1CCC(ON)C1. The smallest absolute Gasteiger partial charge is 0.243 e. The lowest BCUT2D eigenvalue weighted by Gasteiger charge is -2.17. The van der Waals surface area contributed by atoms with E-state index >= 15 is 0 Å². The molecule has 1 fully saturated rings. The molecule has 0 saturated carbocycles. The second kappa shape index (κ2) is 4.73. The fraction of sp³-hybridized carbons (Fsp3) is 0.455. The largest absolute Gasteiger partial charge is 0.300 e. The molecule has 2 rings (SSSR count). The average molecular weight is 256 g/mol. The van der Waals surface area contributed by atoms with Gasteiger partial charge in [0.05, 0.1) is 11.0 Å². The first kappa shape index (κ1) is 12.5. The minimum Gasteiger partial charge on any atom is -0.300 e. The molecule has 5 nitrogen and oxygen atoms in total. The maximum atomic E-state index is 12.3. The number of sulfonamides is 1. The Morgan fingerprint density at radius 1 is 1.41 bits per heavy atom. The van der Waals surface area contributed by atoms with Crippen LogP contribution in [-0.2, 0) is 14.9 Å². The molecule has 6 heteroatoms. The second-order valence-electron chi connectivity index (χ2n) is 4.18. The number of benzene rings is 1. The summed E-state index contributed by atoms with van der Waals surface area (Å²) >= 11 is 0. The van der Waals surface area contributed by atoms with Crippen molar-refractivity contribution in [2.75, 3.05) is 13.1 Å². The van der Waals surface area contributed by atoms with Crippen molar-refractivity contribution in [1.29, 1.82) is 0 Å². The van der Waals surface area contributed by atoms with Gasteiger partial charge in [-0.15, -0.1) is 0 Å². The topological polar surface area (TPSA) is 72.6 Å². The first-order valence-electron chi connectivity index (χ1n) is 5.47. The van der Waals surface area contributed by atoms with Crippen molar-refractivity contribution in [3.05, 3.63) is 29.8 Å². The fourth-order valence-electron chi connectivity index (χ4n) is 2.01. The van der Waals surface area contributed by atoms with Crippen LogP contribution in [0.5, 0.6) is 0 Å². The number of hydrogen-bond acceptors (Lipinski definition) is 4. The summed E-state index contributed by atoms with van der Waals surface area (Å²) in [5.41, 5.74) is 0.754. The quantitative estimate of drug-likeness (QED) is 0.806. The predicted molar refractivity (Wildman–Crippen MR) is 63.6 cm³/mol. The fourth-order valence-corrected chi connectivity index (χ4v) is 3.72. The monoisotopic (exact) mass is 256 g/mol. The van der Waals surface area contributed by atoms with Gasteiger partial charge in [0.1, 0.15) is 0 Å². The van der Waals surface area contributed by atoms with Crippen molar-refractivity contribution in [2.24, 2.45) is 5.90 Å². The van der Waals surface area contributed by atoms with Crippen molar-refractivity contribution in [3.8, 4) is 0 Å². The summed E-state index contributed by atoms with van der Waals surface area (Å²) in [6.07, 6.45) is 0.440. The van der Waals surface area contributed by atoms with Gasteiger partial charge < -0.3 is 0 Å².